The molecule has 0 aromatic heterocycles. The van der Waals surface area contributed by atoms with E-state index in [0.29, 0.717) is 25.0 Å². The molecule has 15 heavy (non-hydrogen) atoms. The van der Waals surface area contributed by atoms with E-state index in [0.717, 1.165) is 19.6 Å². The molecule has 2 rings (SSSR count). The molecule has 0 unspecified atom stereocenters. The number of carbonyl (C=O) groups excluding carboxylic acids is 1. The lowest BCUT2D eigenvalue weighted by Crippen LogP contribution is -2.52. The normalized spacial score (nSPS) is 26.3. The summed E-state index contributed by atoms with van der Waals surface area (Å²) < 4.78 is 10.3. The number of hydrogen-bond donors (Lipinski definition) is 1. The maximum absolute atomic E-state index is 11.9. The van der Waals surface area contributed by atoms with E-state index >= 15 is 0 Å². The van der Waals surface area contributed by atoms with Crippen molar-refractivity contribution in [2.24, 2.45) is 0 Å². The molecule has 2 aliphatic rings. The highest BCUT2D eigenvalue weighted by Crippen LogP contribution is 2.10. The molecule has 84 valence electrons. The van der Waals surface area contributed by atoms with Crippen LogP contribution < -0.4 is 5.32 Å². The third-order valence-corrected chi connectivity index (χ3v) is 2.52. The Kier molecular flexibility index (Phi) is 3.11. The van der Waals surface area contributed by atoms with E-state index in [-0.39, 0.29) is 5.91 Å². The SMILES string of the molecule is C[C@@H]1CN(C(=O)C2=COCCO2)CCN1. The van der Waals surface area contributed by atoms with Crippen LogP contribution in [0.2, 0.25) is 0 Å². The predicted octanol–water partition coefficient (Wildman–Crippen LogP) is -0.305. The van der Waals surface area contributed by atoms with Crippen LogP contribution in [-0.4, -0.2) is 49.7 Å². The van der Waals surface area contributed by atoms with Gasteiger partial charge in [-0.15, -0.1) is 0 Å². The first kappa shape index (κ1) is 10.3. The van der Waals surface area contributed by atoms with Crippen LogP contribution in [0.15, 0.2) is 12.0 Å². The fourth-order valence-electron chi connectivity index (χ4n) is 1.75. The lowest BCUT2D eigenvalue weighted by atomic mass is 10.2. The minimum absolute atomic E-state index is 0.0666. The van der Waals surface area contributed by atoms with Gasteiger partial charge in [0.1, 0.15) is 19.5 Å². The van der Waals surface area contributed by atoms with Gasteiger partial charge in [0.05, 0.1) is 0 Å². The van der Waals surface area contributed by atoms with Crippen LogP contribution in [0.3, 0.4) is 0 Å². The molecule has 0 aromatic carbocycles. The minimum atomic E-state index is -0.0666. The molecule has 1 atom stereocenters. The largest absolute Gasteiger partial charge is 0.494 e. The summed E-state index contributed by atoms with van der Waals surface area (Å²) in [7, 11) is 0. The summed E-state index contributed by atoms with van der Waals surface area (Å²) in [6.07, 6.45) is 1.42. The zero-order chi connectivity index (χ0) is 10.7. The Balaban J connectivity index is 1.97. The molecule has 0 aromatic rings. The van der Waals surface area contributed by atoms with Crippen molar-refractivity contribution in [3.8, 4) is 0 Å². The third-order valence-electron chi connectivity index (χ3n) is 2.52. The van der Waals surface area contributed by atoms with Crippen molar-refractivity contribution < 1.29 is 14.3 Å². The molecule has 0 radical (unpaired) electrons. The van der Waals surface area contributed by atoms with Crippen LogP contribution in [0, 0.1) is 0 Å². The summed E-state index contributed by atoms with van der Waals surface area (Å²) in [6, 6.07) is 0.341. The number of ether oxygens (including phenoxy) is 2. The number of rotatable bonds is 1. The molecule has 5 heteroatoms. The standard InChI is InChI=1S/C10H16N2O3/c1-8-6-12(3-2-11-8)10(13)9-7-14-4-5-15-9/h7-8,11H,2-6H2,1H3/t8-/m1/s1. The van der Waals surface area contributed by atoms with Gasteiger partial charge in [0.2, 0.25) is 5.76 Å². The molecule has 0 aliphatic carbocycles. The Hall–Kier alpha value is -1.23. The second kappa shape index (κ2) is 4.53. The quantitative estimate of drug-likeness (QED) is 0.648. The van der Waals surface area contributed by atoms with Gasteiger partial charge in [-0.3, -0.25) is 4.79 Å². The highest BCUT2D eigenvalue weighted by Gasteiger charge is 2.25. The smallest absolute Gasteiger partial charge is 0.292 e. The van der Waals surface area contributed by atoms with E-state index in [9.17, 15) is 4.79 Å². The minimum Gasteiger partial charge on any atom is -0.494 e. The van der Waals surface area contributed by atoms with E-state index in [1.54, 1.807) is 4.90 Å². The van der Waals surface area contributed by atoms with Crippen LogP contribution in [0.1, 0.15) is 6.92 Å². The maximum Gasteiger partial charge on any atom is 0.292 e. The first-order valence-corrected chi connectivity index (χ1v) is 5.24. The molecule has 2 heterocycles. The van der Waals surface area contributed by atoms with Gasteiger partial charge >= 0.3 is 0 Å². The zero-order valence-electron chi connectivity index (χ0n) is 8.86. The average molecular weight is 212 g/mol. The maximum atomic E-state index is 11.9. The second-order valence-corrected chi connectivity index (χ2v) is 3.81. The molecule has 1 amide bonds. The lowest BCUT2D eigenvalue weighted by Gasteiger charge is -2.32. The Morgan fingerprint density at radius 1 is 1.60 bits per heavy atom. The summed E-state index contributed by atoms with van der Waals surface area (Å²) in [5.74, 6) is 0.262. The molecule has 1 fully saturated rings. The van der Waals surface area contributed by atoms with E-state index < -0.39 is 0 Å². The number of piperazine rings is 1. The van der Waals surface area contributed by atoms with Crippen molar-refractivity contribution in [3.63, 3.8) is 0 Å². The monoisotopic (exact) mass is 212 g/mol. The molecule has 0 bridgehead atoms. The van der Waals surface area contributed by atoms with E-state index in [4.69, 9.17) is 9.47 Å². The van der Waals surface area contributed by atoms with Gasteiger partial charge in [-0.25, -0.2) is 0 Å². The summed E-state index contributed by atoms with van der Waals surface area (Å²) in [5, 5.41) is 3.28. The third kappa shape index (κ3) is 2.41. The van der Waals surface area contributed by atoms with Crippen molar-refractivity contribution in [2.45, 2.75) is 13.0 Å². The first-order valence-electron chi connectivity index (χ1n) is 5.24. The van der Waals surface area contributed by atoms with Crippen LogP contribution in [0.25, 0.3) is 0 Å². The molecule has 1 N–H and O–H groups in total. The van der Waals surface area contributed by atoms with Gasteiger partial charge in [0.15, 0.2) is 0 Å². The zero-order valence-corrected chi connectivity index (χ0v) is 8.86. The molecular weight excluding hydrogens is 196 g/mol. The van der Waals surface area contributed by atoms with Crippen LogP contribution in [0.4, 0.5) is 0 Å². The van der Waals surface area contributed by atoms with Crippen LogP contribution in [0.5, 0.6) is 0 Å². The van der Waals surface area contributed by atoms with Crippen molar-refractivity contribution in [3.05, 3.63) is 12.0 Å². The predicted molar refractivity (Wildman–Crippen MR) is 54.0 cm³/mol. The first-order chi connectivity index (χ1) is 7.27. The van der Waals surface area contributed by atoms with Gasteiger partial charge in [0.25, 0.3) is 5.91 Å². The van der Waals surface area contributed by atoms with Crippen molar-refractivity contribution in [1.29, 1.82) is 0 Å². The Morgan fingerprint density at radius 3 is 3.13 bits per heavy atom. The van der Waals surface area contributed by atoms with Gasteiger partial charge < -0.3 is 19.7 Å². The average Bonchev–Trinajstić information content (AvgIpc) is 2.29. The van der Waals surface area contributed by atoms with Gasteiger partial charge in [-0.05, 0) is 6.92 Å². The number of amides is 1. The number of hydrogen-bond acceptors (Lipinski definition) is 4. The van der Waals surface area contributed by atoms with Gasteiger partial charge in [0, 0.05) is 25.7 Å². The molecule has 0 saturated carbocycles. The Bertz CT molecular complexity index is 278. The fraction of sp³-hybridized carbons (Fsp3) is 0.700. The topological polar surface area (TPSA) is 50.8 Å². The van der Waals surface area contributed by atoms with Crippen LogP contribution >= 0.6 is 0 Å². The second-order valence-electron chi connectivity index (χ2n) is 3.81. The lowest BCUT2D eigenvalue weighted by molar-refractivity contribution is -0.133. The van der Waals surface area contributed by atoms with Crippen molar-refractivity contribution >= 4 is 5.91 Å². The highest BCUT2D eigenvalue weighted by molar-refractivity contribution is 5.91. The summed E-state index contributed by atoms with van der Waals surface area (Å²) in [4.78, 5) is 13.7. The molecule has 5 nitrogen and oxygen atoms in total. The fourth-order valence-corrected chi connectivity index (χ4v) is 1.75. The number of nitrogens with one attached hydrogen (secondary N) is 1. The summed E-state index contributed by atoms with van der Waals surface area (Å²) in [5.41, 5.74) is 0. The number of carbonyl (C=O) groups is 1. The van der Waals surface area contributed by atoms with Crippen LogP contribution in [-0.2, 0) is 14.3 Å². The summed E-state index contributed by atoms with van der Waals surface area (Å²) >= 11 is 0. The van der Waals surface area contributed by atoms with Gasteiger partial charge in [-0.2, -0.15) is 0 Å². The van der Waals surface area contributed by atoms with E-state index in [1.807, 2.05) is 0 Å². The molecular formula is C10H16N2O3. The van der Waals surface area contributed by atoms with Gasteiger partial charge in [-0.1, -0.05) is 0 Å². The highest BCUT2D eigenvalue weighted by atomic mass is 16.6. The van der Waals surface area contributed by atoms with Crippen molar-refractivity contribution in [2.75, 3.05) is 32.8 Å². The summed E-state index contributed by atoms with van der Waals surface area (Å²) in [6.45, 7) is 5.32. The van der Waals surface area contributed by atoms with Crippen molar-refractivity contribution in [1.82, 2.24) is 10.2 Å². The number of nitrogens with zero attached hydrogens (tertiary/aromatic N) is 1. The molecule has 1 saturated heterocycles. The molecule has 2 aliphatic heterocycles. The Labute approximate surface area is 89.0 Å². The molecule has 0 spiro atoms. The Morgan fingerprint density at radius 2 is 2.47 bits per heavy atom. The van der Waals surface area contributed by atoms with E-state index in [2.05, 4.69) is 12.2 Å². The van der Waals surface area contributed by atoms with E-state index in [1.165, 1.54) is 6.26 Å².